The Bertz CT molecular complexity index is 540. The monoisotopic (exact) mass is 398 g/mol. The van der Waals surface area contributed by atoms with Crippen LogP contribution in [0.3, 0.4) is 0 Å². The Balaban J connectivity index is 2.42. The third-order valence-electron chi connectivity index (χ3n) is 1.98. The Morgan fingerprint density at radius 2 is 2.00 bits per heavy atom. The molecule has 0 aliphatic carbocycles. The highest BCUT2D eigenvalue weighted by Crippen LogP contribution is 2.35. The minimum Gasteiger partial charge on any atom is -0.288 e. The largest absolute Gasteiger partial charge is 0.288 e. The van der Waals surface area contributed by atoms with Crippen LogP contribution in [0.25, 0.3) is 0 Å². The van der Waals surface area contributed by atoms with Gasteiger partial charge in [-0.3, -0.25) is 4.79 Å². The van der Waals surface area contributed by atoms with E-state index in [2.05, 4.69) is 31.9 Å². The summed E-state index contributed by atoms with van der Waals surface area (Å²) in [7, 11) is 0. The zero-order valence-corrected chi connectivity index (χ0v) is 13.6. The van der Waals surface area contributed by atoms with Gasteiger partial charge in [-0.15, -0.1) is 22.7 Å². The third kappa shape index (κ3) is 2.43. The van der Waals surface area contributed by atoms with Crippen molar-refractivity contribution < 1.29 is 4.79 Å². The van der Waals surface area contributed by atoms with Crippen molar-refractivity contribution in [1.29, 1.82) is 0 Å². The van der Waals surface area contributed by atoms with Gasteiger partial charge in [0.05, 0.1) is 16.8 Å². The SMILES string of the molecule is Cc1cc(C(=O)c2cc(Br)sc2Br)sc1Cl. The summed E-state index contributed by atoms with van der Waals surface area (Å²) < 4.78 is 2.45. The maximum atomic E-state index is 12.2. The van der Waals surface area contributed by atoms with E-state index in [0.717, 1.165) is 13.1 Å². The van der Waals surface area contributed by atoms with Crippen molar-refractivity contribution in [1.82, 2.24) is 0 Å². The van der Waals surface area contributed by atoms with Gasteiger partial charge in [-0.25, -0.2) is 0 Å². The summed E-state index contributed by atoms with van der Waals surface area (Å²) in [5, 5.41) is 0. The fourth-order valence-corrected chi connectivity index (χ4v) is 5.15. The number of thiophene rings is 2. The molecule has 0 aliphatic heterocycles. The first-order valence-electron chi connectivity index (χ1n) is 4.24. The van der Waals surface area contributed by atoms with Crippen LogP contribution in [0.15, 0.2) is 19.7 Å². The van der Waals surface area contributed by atoms with Crippen LogP contribution in [-0.2, 0) is 0 Å². The molecule has 0 aliphatic rings. The number of rotatable bonds is 2. The van der Waals surface area contributed by atoms with Crippen molar-refractivity contribution in [3.63, 3.8) is 0 Å². The van der Waals surface area contributed by atoms with Gasteiger partial charge >= 0.3 is 0 Å². The lowest BCUT2D eigenvalue weighted by Crippen LogP contribution is -1.96. The lowest BCUT2D eigenvalue weighted by atomic mass is 10.2. The highest BCUT2D eigenvalue weighted by atomic mass is 79.9. The number of halogens is 3. The molecule has 84 valence electrons. The standard InChI is InChI=1S/C10H5Br2ClOS2/c1-4-2-6(15-10(4)13)8(14)5-3-7(11)16-9(5)12/h2-3H,1H3. The molecule has 2 rings (SSSR count). The Morgan fingerprint density at radius 3 is 2.44 bits per heavy atom. The van der Waals surface area contributed by atoms with Gasteiger partial charge in [-0.1, -0.05) is 11.6 Å². The molecule has 0 amide bonds. The number of carbonyl (C=O) groups is 1. The molecule has 0 bridgehead atoms. The summed E-state index contributed by atoms with van der Waals surface area (Å²) in [6.45, 7) is 1.90. The predicted molar refractivity (Wildman–Crippen MR) is 77.2 cm³/mol. The minimum atomic E-state index is 0.00817. The fraction of sp³-hybridized carbons (Fsp3) is 0.100. The Hall–Kier alpha value is 0.320. The molecule has 0 N–H and O–H groups in total. The van der Waals surface area contributed by atoms with E-state index in [9.17, 15) is 4.79 Å². The average molecular weight is 401 g/mol. The van der Waals surface area contributed by atoms with Gasteiger partial charge in [0.1, 0.15) is 0 Å². The second kappa shape index (κ2) is 4.90. The molecule has 2 heterocycles. The number of hydrogen-bond donors (Lipinski definition) is 0. The fourth-order valence-electron chi connectivity index (χ4n) is 1.20. The number of ketones is 1. The maximum absolute atomic E-state index is 12.2. The van der Waals surface area contributed by atoms with Gasteiger partial charge in [-0.05, 0) is 56.5 Å². The molecule has 0 fully saturated rings. The van der Waals surface area contributed by atoms with Crippen LogP contribution in [0.4, 0.5) is 0 Å². The zero-order chi connectivity index (χ0) is 11.9. The lowest BCUT2D eigenvalue weighted by molar-refractivity contribution is 0.104. The first-order chi connectivity index (χ1) is 7.49. The van der Waals surface area contributed by atoms with Gasteiger partial charge in [0, 0.05) is 5.56 Å². The van der Waals surface area contributed by atoms with Crippen LogP contribution in [0.5, 0.6) is 0 Å². The van der Waals surface area contributed by atoms with Crippen LogP contribution in [0.2, 0.25) is 4.34 Å². The molecule has 0 unspecified atom stereocenters. The molecule has 0 spiro atoms. The molecule has 1 nitrogen and oxygen atoms in total. The highest BCUT2D eigenvalue weighted by Gasteiger charge is 2.18. The van der Waals surface area contributed by atoms with Gasteiger partial charge in [-0.2, -0.15) is 0 Å². The molecule has 0 saturated heterocycles. The maximum Gasteiger partial charge on any atom is 0.205 e. The Kier molecular flexibility index (Phi) is 3.91. The number of aryl methyl sites for hydroxylation is 1. The van der Waals surface area contributed by atoms with Gasteiger partial charge in [0.15, 0.2) is 0 Å². The van der Waals surface area contributed by atoms with E-state index in [1.54, 1.807) is 0 Å². The minimum absolute atomic E-state index is 0.00817. The molecule has 2 aromatic heterocycles. The predicted octanol–water partition coefficient (Wildman–Crippen LogP) is 5.53. The van der Waals surface area contributed by atoms with E-state index in [1.807, 2.05) is 19.1 Å². The summed E-state index contributed by atoms with van der Waals surface area (Å²) in [5.74, 6) is 0.00817. The summed E-state index contributed by atoms with van der Waals surface area (Å²) in [6.07, 6.45) is 0. The number of carbonyl (C=O) groups excluding carboxylic acids is 1. The molecule has 0 atom stereocenters. The molecule has 6 heteroatoms. The molecule has 16 heavy (non-hydrogen) atoms. The summed E-state index contributed by atoms with van der Waals surface area (Å²) in [4.78, 5) is 12.8. The zero-order valence-electron chi connectivity index (χ0n) is 8.01. The van der Waals surface area contributed by atoms with E-state index in [-0.39, 0.29) is 5.78 Å². The van der Waals surface area contributed by atoms with Crippen LogP contribution in [0, 0.1) is 6.92 Å². The average Bonchev–Trinajstić information content (AvgIpc) is 2.70. The van der Waals surface area contributed by atoms with E-state index >= 15 is 0 Å². The molecular formula is C10H5Br2ClOS2. The first kappa shape index (κ1) is 12.8. The van der Waals surface area contributed by atoms with Crippen molar-refractivity contribution in [2.45, 2.75) is 6.92 Å². The Morgan fingerprint density at radius 1 is 1.31 bits per heavy atom. The van der Waals surface area contributed by atoms with E-state index in [1.165, 1.54) is 22.7 Å². The third-order valence-corrected chi connectivity index (χ3v) is 5.88. The molecule has 0 aromatic carbocycles. The lowest BCUT2D eigenvalue weighted by Gasteiger charge is -1.93. The highest BCUT2D eigenvalue weighted by molar-refractivity contribution is 9.12. The first-order valence-corrected chi connectivity index (χ1v) is 7.84. The summed E-state index contributed by atoms with van der Waals surface area (Å²) >= 11 is 15.5. The van der Waals surface area contributed by atoms with Crippen molar-refractivity contribution in [3.8, 4) is 0 Å². The summed E-state index contributed by atoms with van der Waals surface area (Å²) in [5.41, 5.74) is 1.62. The van der Waals surface area contributed by atoms with Gasteiger partial charge < -0.3 is 0 Å². The van der Waals surface area contributed by atoms with Crippen molar-refractivity contribution in [2.75, 3.05) is 0 Å². The quantitative estimate of drug-likeness (QED) is 0.606. The molecule has 2 aromatic rings. The molecular weight excluding hydrogens is 396 g/mol. The van der Waals surface area contributed by atoms with Crippen molar-refractivity contribution in [3.05, 3.63) is 40.0 Å². The summed E-state index contributed by atoms with van der Waals surface area (Å²) in [6, 6.07) is 3.65. The second-order valence-corrected chi connectivity index (χ2v) is 8.54. The number of hydrogen-bond acceptors (Lipinski definition) is 3. The van der Waals surface area contributed by atoms with Crippen LogP contribution >= 0.6 is 66.1 Å². The van der Waals surface area contributed by atoms with E-state index in [0.29, 0.717) is 14.8 Å². The van der Waals surface area contributed by atoms with Gasteiger partial charge in [0.2, 0.25) is 5.78 Å². The van der Waals surface area contributed by atoms with Gasteiger partial charge in [0.25, 0.3) is 0 Å². The molecule has 0 saturated carbocycles. The second-order valence-electron chi connectivity index (χ2n) is 3.13. The van der Waals surface area contributed by atoms with E-state index < -0.39 is 0 Å². The van der Waals surface area contributed by atoms with Crippen LogP contribution < -0.4 is 0 Å². The van der Waals surface area contributed by atoms with Crippen molar-refractivity contribution >= 4 is 71.9 Å². The normalized spacial score (nSPS) is 10.8. The smallest absolute Gasteiger partial charge is 0.205 e. The van der Waals surface area contributed by atoms with Crippen LogP contribution in [0.1, 0.15) is 20.8 Å². The van der Waals surface area contributed by atoms with Crippen LogP contribution in [-0.4, -0.2) is 5.78 Å². The molecule has 0 radical (unpaired) electrons. The topological polar surface area (TPSA) is 17.1 Å². The van der Waals surface area contributed by atoms with Crippen molar-refractivity contribution in [2.24, 2.45) is 0 Å². The Labute approximate surface area is 123 Å². The van der Waals surface area contributed by atoms with E-state index in [4.69, 9.17) is 11.6 Å².